The molecule has 0 atom stereocenters. The first-order valence-electron chi connectivity index (χ1n) is 24.4. The van der Waals surface area contributed by atoms with Crippen LogP contribution in [-0.2, 0) is 27.1 Å². The second kappa shape index (κ2) is 15.6. The van der Waals surface area contributed by atoms with Crippen molar-refractivity contribution in [3.05, 3.63) is 209 Å². The van der Waals surface area contributed by atoms with Gasteiger partial charge in [-0.15, -0.1) is 0 Å². The molecule has 0 aliphatic heterocycles. The average Bonchev–Trinajstić information content (AvgIpc) is 3.67. The maximum Gasteiger partial charge on any atom is 0.0473 e. The normalized spacial score (nSPS) is 14.6. The lowest BCUT2D eigenvalue weighted by atomic mass is 9.78. The van der Waals surface area contributed by atoms with E-state index in [0.717, 1.165) is 17.1 Å². The Kier molecular flexibility index (Phi) is 10.3. The molecule has 0 spiro atoms. The van der Waals surface area contributed by atoms with E-state index in [2.05, 4.69) is 265 Å². The summed E-state index contributed by atoms with van der Waals surface area (Å²) in [6.07, 6.45) is 0. The Bertz CT molecular complexity index is 3050. The molecule has 2 aliphatic carbocycles. The molecular formula is C66H67N. The van der Waals surface area contributed by atoms with Crippen LogP contribution in [0.15, 0.2) is 170 Å². The second-order valence-corrected chi connectivity index (χ2v) is 23.6. The van der Waals surface area contributed by atoms with E-state index in [1.54, 1.807) is 0 Å². The SMILES string of the molecule is CC(C)(C)c1ccc(-c2ccc(N(c3ccccc3)c3cc(-c4ccc5c(c4)C(C)(C)c4cc(C(C)(C)C)ccc4-5)cc(-c4ccc5c(c4)C(C)(C)c4cc(C(C)(C)C)ccc4-5)c3)cc2)cc1. The summed E-state index contributed by atoms with van der Waals surface area (Å²) in [6.45, 7) is 30.3. The van der Waals surface area contributed by atoms with Gasteiger partial charge in [0.2, 0.25) is 0 Å². The van der Waals surface area contributed by atoms with E-state index < -0.39 is 0 Å². The number of fused-ring (bicyclic) bond motifs is 6. The van der Waals surface area contributed by atoms with Crippen LogP contribution in [0.5, 0.6) is 0 Å². The number of benzene rings is 8. The predicted molar refractivity (Wildman–Crippen MR) is 289 cm³/mol. The van der Waals surface area contributed by atoms with Gasteiger partial charge in [0.25, 0.3) is 0 Å². The second-order valence-electron chi connectivity index (χ2n) is 23.6. The first-order chi connectivity index (χ1) is 31.6. The van der Waals surface area contributed by atoms with Crippen molar-refractivity contribution < 1.29 is 0 Å². The van der Waals surface area contributed by atoms with Crippen molar-refractivity contribution in [3.8, 4) is 55.6 Å². The lowest BCUT2D eigenvalue weighted by Crippen LogP contribution is -2.17. The molecule has 0 heterocycles. The van der Waals surface area contributed by atoms with E-state index >= 15 is 0 Å². The van der Waals surface area contributed by atoms with E-state index in [4.69, 9.17) is 0 Å². The summed E-state index contributed by atoms with van der Waals surface area (Å²) in [4.78, 5) is 2.43. The van der Waals surface area contributed by atoms with E-state index in [0.29, 0.717) is 0 Å². The highest BCUT2D eigenvalue weighted by atomic mass is 15.1. The molecule has 0 radical (unpaired) electrons. The Labute approximate surface area is 401 Å². The van der Waals surface area contributed by atoms with Crippen LogP contribution < -0.4 is 4.90 Å². The zero-order valence-corrected chi connectivity index (χ0v) is 42.1. The lowest BCUT2D eigenvalue weighted by molar-refractivity contribution is 0.584. The van der Waals surface area contributed by atoms with E-state index in [-0.39, 0.29) is 27.1 Å². The molecule has 0 fully saturated rings. The van der Waals surface area contributed by atoms with Gasteiger partial charge in [0.15, 0.2) is 0 Å². The van der Waals surface area contributed by atoms with Crippen LogP contribution in [0.25, 0.3) is 55.6 Å². The summed E-state index contributed by atoms with van der Waals surface area (Å²) in [5, 5.41) is 0. The maximum absolute atomic E-state index is 2.48. The quantitative estimate of drug-likeness (QED) is 0.161. The minimum Gasteiger partial charge on any atom is -0.310 e. The summed E-state index contributed by atoms with van der Waals surface area (Å²) in [6, 6.07) is 65.1. The van der Waals surface area contributed by atoms with Crippen LogP contribution in [0.3, 0.4) is 0 Å². The first-order valence-corrected chi connectivity index (χ1v) is 24.4. The van der Waals surface area contributed by atoms with Gasteiger partial charge < -0.3 is 4.90 Å². The van der Waals surface area contributed by atoms with E-state index in [1.807, 2.05) is 0 Å². The fraction of sp³-hybridized carbons (Fsp3) is 0.273. The molecule has 0 saturated heterocycles. The first kappa shape index (κ1) is 44.4. The Morgan fingerprint density at radius 1 is 0.284 bits per heavy atom. The van der Waals surface area contributed by atoms with Crippen molar-refractivity contribution in [3.63, 3.8) is 0 Å². The number of para-hydroxylation sites is 1. The minimum atomic E-state index is -0.138. The van der Waals surface area contributed by atoms with Crippen molar-refractivity contribution in [2.75, 3.05) is 4.90 Å². The molecule has 0 amide bonds. The molecule has 67 heavy (non-hydrogen) atoms. The highest BCUT2D eigenvalue weighted by Gasteiger charge is 2.38. The molecule has 1 nitrogen and oxygen atoms in total. The molecule has 0 unspecified atom stereocenters. The summed E-state index contributed by atoms with van der Waals surface area (Å²) >= 11 is 0. The molecule has 1 heteroatoms. The van der Waals surface area contributed by atoms with Gasteiger partial charge in [-0.05, 0) is 165 Å². The van der Waals surface area contributed by atoms with Gasteiger partial charge in [-0.2, -0.15) is 0 Å². The third-order valence-corrected chi connectivity index (χ3v) is 15.2. The Hall–Kier alpha value is -6.44. The summed E-state index contributed by atoms with van der Waals surface area (Å²) < 4.78 is 0. The summed E-state index contributed by atoms with van der Waals surface area (Å²) in [5.41, 5.74) is 25.7. The van der Waals surface area contributed by atoms with Crippen LogP contribution in [0.4, 0.5) is 17.1 Å². The largest absolute Gasteiger partial charge is 0.310 e. The van der Waals surface area contributed by atoms with Crippen LogP contribution >= 0.6 is 0 Å². The molecule has 0 aromatic heterocycles. The minimum absolute atomic E-state index is 0.0788. The van der Waals surface area contributed by atoms with Gasteiger partial charge >= 0.3 is 0 Å². The molecule has 0 saturated carbocycles. The fourth-order valence-corrected chi connectivity index (χ4v) is 10.8. The van der Waals surface area contributed by atoms with Gasteiger partial charge in [0.1, 0.15) is 0 Å². The van der Waals surface area contributed by atoms with E-state index in [9.17, 15) is 0 Å². The third-order valence-electron chi connectivity index (χ3n) is 15.2. The molecule has 2 aliphatic rings. The van der Waals surface area contributed by atoms with Crippen LogP contribution in [-0.4, -0.2) is 0 Å². The molecule has 0 N–H and O–H groups in total. The Balaban J connectivity index is 1.13. The Morgan fingerprint density at radius 2 is 0.627 bits per heavy atom. The number of hydrogen-bond acceptors (Lipinski definition) is 1. The van der Waals surface area contributed by atoms with Gasteiger partial charge in [-0.25, -0.2) is 0 Å². The molecule has 336 valence electrons. The zero-order valence-electron chi connectivity index (χ0n) is 42.1. The van der Waals surface area contributed by atoms with Crippen molar-refractivity contribution in [2.45, 2.75) is 117 Å². The standard InChI is InChI=1S/C66H67N/c1-62(2,3)48-25-19-42(20-26-48)43-21-29-52(30-22-43)67(51-17-15-14-16-18-51)53-36-46(44-23-31-54-56-33-27-49(63(4,5)6)40-60(56)65(10,11)58(54)38-44)35-47(37-53)45-24-32-55-57-34-28-50(64(7,8)9)41-61(57)66(12,13)59(55)39-45/h14-41H,1-13H3. The van der Waals surface area contributed by atoms with Gasteiger partial charge in [-0.3, -0.25) is 0 Å². The fourth-order valence-electron chi connectivity index (χ4n) is 10.8. The molecule has 8 aromatic rings. The number of hydrogen-bond donors (Lipinski definition) is 0. The van der Waals surface area contributed by atoms with Gasteiger partial charge in [-0.1, -0.05) is 205 Å². The summed E-state index contributed by atoms with van der Waals surface area (Å²) in [7, 11) is 0. The van der Waals surface area contributed by atoms with Gasteiger partial charge in [0.05, 0.1) is 0 Å². The monoisotopic (exact) mass is 874 g/mol. The Morgan fingerprint density at radius 3 is 1.04 bits per heavy atom. The van der Waals surface area contributed by atoms with Crippen molar-refractivity contribution >= 4 is 17.1 Å². The van der Waals surface area contributed by atoms with E-state index in [1.165, 1.54) is 94.6 Å². The van der Waals surface area contributed by atoms with Crippen molar-refractivity contribution in [1.82, 2.24) is 0 Å². The number of rotatable bonds is 6. The molecule has 0 bridgehead atoms. The van der Waals surface area contributed by atoms with Crippen LogP contribution in [0.1, 0.15) is 129 Å². The van der Waals surface area contributed by atoms with Crippen molar-refractivity contribution in [2.24, 2.45) is 0 Å². The lowest BCUT2D eigenvalue weighted by Gasteiger charge is -2.28. The number of nitrogens with zero attached hydrogens (tertiary/aromatic N) is 1. The van der Waals surface area contributed by atoms with Crippen LogP contribution in [0.2, 0.25) is 0 Å². The molecule has 10 rings (SSSR count). The zero-order chi connectivity index (χ0) is 47.4. The maximum atomic E-state index is 2.48. The third kappa shape index (κ3) is 7.75. The number of anilines is 3. The van der Waals surface area contributed by atoms with Crippen LogP contribution in [0, 0.1) is 0 Å². The highest BCUT2D eigenvalue weighted by Crippen LogP contribution is 2.53. The highest BCUT2D eigenvalue weighted by molar-refractivity contribution is 5.90. The predicted octanol–water partition coefficient (Wildman–Crippen LogP) is 18.7. The molecule has 8 aromatic carbocycles. The average molecular weight is 874 g/mol. The van der Waals surface area contributed by atoms with Crippen molar-refractivity contribution in [1.29, 1.82) is 0 Å². The molecular weight excluding hydrogens is 807 g/mol. The summed E-state index contributed by atoms with van der Waals surface area (Å²) in [5.74, 6) is 0. The topological polar surface area (TPSA) is 3.24 Å². The van der Waals surface area contributed by atoms with Gasteiger partial charge in [0, 0.05) is 27.9 Å². The smallest absolute Gasteiger partial charge is 0.0473 e.